The summed E-state index contributed by atoms with van der Waals surface area (Å²) in [7, 11) is 0. The van der Waals surface area contributed by atoms with Crippen LogP contribution in [0.25, 0.3) is 0 Å². The van der Waals surface area contributed by atoms with Crippen molar-refractivity contribution in [3.05, 3.63) is 68.8 Å². The molecule has 0 aromatic heterocycles. The molecule has 0 saturated carbocycles. The summed E-state index contributed by atoms with van der Waals surface area (Å²) in [4.78, 5) is 12.2. The number of halogens is 1. The smallest absolute Gasteiger partial charge is 0.167 e. The van der Waals surface area contributed by atoms with Gasteiger partial charge in [0.25, 0.3) is 0 Å². The number of rotatable bonds is 4. The van der Waals surface area contributed by atoms with Gasteiger partial charge in [-0.2, -0.15) is 0 Å². The first kappa shape index (κ1) is 14.3. The fourth-order valence-corrected chi connectivity index (χ4v) is 2.30. The summed E-state index contributed by atoms with van der Waals surface area (Å²) >= 11 is 2.27. The summed E-state index contributed by atoms with van der Waals surface area (Å²) in [5.41, 5.74) is 3.13. The van der Waals surface area contributed by atoms with E-state index < -0.39 is 0 Å². The largest absolute Gasteiger partial charge is 0.294 e. The molecule has 0 atom stereocenters. The van der Waals surface area contributed by atoms with E-state index in [9.17, 15) is 4.79 Å². The van der Waals surface area contributed by atoms with E-state index in [0.717, 1.165) is 11.1 Å². The van der Waals surface area contributed by atoms with Crippen LogP contribution in [-0.4, -0.2) is 5.78 Å². The molecule has 0 aliphatic carbocycles. The van der Waals surface area contributed by atoms with Crippen LogP contribution in [0.1, 0.15) is 41.3 Å². The van der Waals surface area contributed by atoms with E-state index in [0.29, 0.717) is 12.3 Å². The van der Waals surface area contributed by atoms with Crippen molar-refractivity contribution < 1.29 is 4.79 Å². The molecule has 0 heterocycles. The maximum absolute atomic E-state index is 12.2. The minimum Gasteiger partial charge on any atom is -0.294 e. The molecule has 1 nitrogen and oxygen atoms in total. The second-order valence-electron chi connectivity index (χ2n) is 5.00. The predicted octanol–water partition coefficient (Wildman–Crippen LogP) is 4.84. The standard InChI is InChI=1S/C17H17IO/c1-12(2)14-5-7-15(8-6-14)17(19)11-13-3-9-16(18)10-4-13/h3-10,12H,11H2,1-2H3. The molecular formula is C17H17IO. The molecule has 19 heavy (non-hydrogen) atoms. The number of hydrogen-bond donors (Lipinski definition) is 0. The lowest BCUT2D eigenvalue weighted by atomic mass is 9.98. The Hall–Kier alpha value is -1.16. The zero-order chi connectivity index (χ0) is 13.8. The van der Waals surface area contributed by atoms with Crippen molar-refractivity contribution in [2.24, 2.45) is 0 Å². The van der Waals surface area contributed by atoms with Crippen LogP contribution in [0.3, 0.4) is 0 Å². The van der Waals surface area contributed by atoms with Crippen LogP contribution in [0, 0.1) is 3.57 Å². The number of Topliss-reactive ketones (excluding diaryl/α,β-unsaturated/α-hetero) is 1. The third-order valence-corrected chi connectivity index (χ3v) is 3.90. The van der Waals surface area contributed by atoms with Gasteiger partial charge in [-0.25, -0.2) is 0 Å². The first-order valence-electron chi connectivity index (χ1n) is 6.44. The van der Waals surface area contributed by atoms with Crippen molar-refractivity contribution in [3.63, 3.8) is 0 Å². The molecule has 0 unspecified atom stereocenters. The van der Waals surface area contributed by atoms with Crippen LogP contribution in [-0.2, 0) is 6.42 Å². The SMILES string of the molecule is CC(C)c1ccc(C(=O)Cc2ccc(I)cc2)cc1. The second kappa shape index (κ2) is 6.33. The van der Waals surface area contributed by atoms with Gasteiger partial charge in [-0.3, -0.25) is 4.79 Å². The molecule has 2 rings (SSSR count). The van der Waals surface area contributed by atoms with Gasteiger partial charge in [0.15, 0.2) is 5.78 Å². The average Bonchev–Trinajstić information content (AvgIpc) is 2.41. The van der Waals surface area contributed by atoms with Gasteiger partial charge in [0.2, 0.25) is 0 Å². The number of carbonyl (C=O) groups excluding carboxylic acids is 1. The fourth-order valence-electron chi connectivity index (χ4n) is 1.94. The molecule has 0 bridgehead atoms. The molecule has 2 heteroatoms. The monoisotopic (exact) mass is 364 g/mol. The maximum atomic E-state index is 12.2. The summed E-state index contributed by atoms with van der Waals surface area (Å²) in [5.74, 6) is 0.678. The zero-order valence-electron chi connectivity index (χ0n) is 11.2. The minimum atomic E-state index is 0.177. The van der Waals surface area contributed by atoms with Crippen LogP contribution in [0.2, 0.25) is 0 Å². The van der Waals surface area contributed by atoms with E-state index in [2.05, 4.69) is 36.4 Å². The van der Waals surface area contributed by atoms with Crippen molar-refractivity contribution in [2.45, 2.75) is 26.2 Å². The molecule has 0 fully saturated rings. The first-order chi connectivity index (χ1) is 9.06. The summed E-state index contributed by atoms with van der Waals surface area (Å²) in [6.45, 7) is 4.31. The summed E-state index contributed by atoms with van der Waals surface area (Å²) < 4.78 is 1.19. The molecule has 2 aromatic carbocycles. The summed E-state index contributed by atoms with van der Waals surface area (Å²) in [5, 5.41) is 0. The van der Waals surface area contributed by atoms with Crippen molar-refractivity contribution in [1.29, 1.82) is 0 Å². The van der Waals surface area contributed by atoms with E-state index in [1.165, 1.54) is 9.13 Å². The van der Waals surface area contributed by atoms with Gasteiger partial charge < -0.3 is 0 Å². The molecule has 98 valence electrons. The number of ketones is 1. The molecule has 0 amide bonds. The normalized spacial score (nSPS) is 10.7. The van der Waals surface area contributed by atoms with Crippen molar-refractivity contribution in [2.75, 3.05) is 0 Å². The van der Waals surface area contributed by atoms with E-state index in [-0.39, 0.29) is 5.78 Å². The topological polar surface area (TPSA) is 17.1 Å². The van der Waals surface area contributed by atoms with Crippen molar-refractivity contribution in [1.82, 2.24) is 0 Å². The number of benzene rings is 2. The number of carbonyl (C=O) groups is 1. The van der Waals surface area contributed by atoms with Crippen LogP contribution >= 0.6 is 22.6 Å². The lowest BCUT2D eigenvalue weighted by Gasteiger charge is -2.06. The first-order valence-corrected chi connectivity index (χ1v) is 7.52. The zero-order valence-corrected chi connectivity index (χ0v) is 13.3. The molecule has 0 saturated heterocycles. The fraction of sp³-hybridized carbons (Fsp3) is 0.235. The Morgan fingerprint density at radius 3 is 2.11 bits per heavy atom. The van der Waals surface area contributed by atoms with E-state index in [1.54, 1.807) is 0 Å². The Labute approximate surface area is 128 Å². The highest BCUT2D eigenvalue weighted by molar-refractivity contribution is 14.1. The highest BCUT2D eigenvalue weighted by atomic mass is 127. The average molecular weight is 364 g/mol. The Kier molecular flexibility index (Phi) is 4.75. The van der Waals surface area contributed by atoms with Gasteiger partial charge in [0, 0.05) is 15.6 Å². The third kappa shape index (κ3) is 3.90. The van der Waals surface area contributed by atoms with Crippen LogP contribution < -0.4 is 0 Å². The van der Waals surface area contributed by atoms with E-state index in [4.69, 9.17) is 0 Å². The lowest BCUT2D eigenvalue weighted by molar-refractivity contribution is 0.0993. The van der Waals surface area contributed by atoms with Gasteiger partial charge >= 0.3 is 0 Å². The molecular weight excluding hydrogens is 347 g/mol. The lowest BCUT2D eigenvalue weighted by Crippen LogP contribution is -2.03. The molecule has 2 aromatic rings. The van der Waals surface area contributed by atoms with Gasteiger partial charge in [0.1, 0.15) is 0 Å². The summed E-state index contributed by atoms with van der Waals surface area (Å²) in [6.07, 6.45) is 0.470. The highest BCUT2D eigenvalue weighted by Crippen LogP contribution is 2.16. The highest BCUT2D eigenvalue weighted by Gasteiger charge is 2.07. The molecule has 0 radical (unpaired) electrons. The Balaban J connectivity index is 2.09. The van der Waals surface area contributed by atoms with E-state index >= 15 is 0 Å². The van der Waals surface area contributed by atoms with Crippen LogP contribution in [0.4, 0.5) is 0 Å². The molecule has 0 aliphatic heterocycles. The third-order valence-electron chi connectivity index (χ3n) is 3.18. The van der Waals surface area contributed by atoms with Gasteiger partial charge in [-0.15, -0.1) is 0 Å². The number of hydrogen-bond acceptors (Lipinski definition) is 1. The molecule has 0 spiro atoms. The van der Waals surface area contributed by atoms with Crippen LogP contribution in [0.15, 0.2) is 48.5 Å². The van der Waals surface area contributed by atoms with Gasteiger partial charge in [-0.1, -0.05) is 50.2 Å². The molecule has 0 N–H and O–H groups in total. The van der Waals surface area contributed by atoms with E-state index in [1.807, 2.05) is 48.5 Å². The minimum absolute atomic E-state index is 0.177. The Morgan fingerprint density at radius 2 is 1.58 bits per heavy atom. The Bertz CT molecular complexity index is 553. The van der Waals surface area contributed by atoms with Crippen LogP contribution in [0.5, 0.6) is 0 Å². The van der Waals surface area contributed by atoms with Crippen molar-refractivity contribution in [3.8, 4) is 0 Å². The maximum Gasteiger partial charge on any atom is 0.167 e. The predicted molar refractivity (Wildman–Crippen MR) is 87.7 cm³/mol. The summed E-state index contributed by atoms with van der Waals surface area (Å²) in [6, 6.07) is 16.1. The van der Waals surface area contributed by atoms with Gasteiger partial charge in [-0.05, 0) is 51.8 Å². The molecule has 0 aliphatic rings. The Morgan fingerprint density at radius 1 is 1.00 bits per heavy atom. The quantitative estimate of drug-likeness (QED) is 0.561. The second-order valence-corrected chi connectivity index (χ2v) is 6.25. The van der Waals surface area contributed by atoms with Crippen molar-refractivity contribution >= 4 is 28.4 Å². The van der Waals surface area contributed by atoms with Gasteiger partial charge in [0.05, 0.1) is 0 Å².